The molecule has 5 unspecified atom stereocenters. The molecule has 0 radical (unpaired) electrons. The first-order chi connectivity index (χ1) is 24.5. The van der Waals surface area contributed by atoms with Crippen LogP contribution >= 0.6 is 0 Å². The molecule has 16 atom stereocenters. The van der Waals surface area contributed by atoms with Gasteiger partial charge >= 0.3 is 0 Å². The zero-order chi connectivity index (χ0) is 36.8. The minimum atomic E-state index is -1.01. The molecule has 2 spiro atoms. The fourth-order valence-corrected chi connectivity index (χ4v) is 16.6. The smallest absolute Gasteiger partial charge is 0.170 e. The second-order valence-corrected chi connectivity index (χ2v) is 21.7. The number of fused-ring (bicyclic) bond motifs is 6. The molecule has 0 aromatic heterocycles. The molecule has 4 heterocycles. The quantitative estimate of drug-likeness (QED) is 0.302. The van der Waals surface area contributed by atoms with Gasteiger partial charge in [-0.05, 0) is 150 Å². The van der Waals surface area contributed by atoms with E-state index in [2.05, 4.69) is 51.5 Å². The average molecular weight is 727 g/mol. The van der Waals surface area contributed by atoms with Crippen LogP contribution in [0.25, 0.3) is 0 Å². The van der Waals surface area contributed by atoms with E-state index >= 15 is 0 Å². The van der Waals surface area contributed by atoms with Crippen LogP contribution in [0, 0.1) is 50.7 Å². The second-order valence-electron chi connectivity index (χ2n) is 21.7. The Morgan fingerprint density at radius 3 is 2.29 bits per heavy atom. The molecule has 5 saturated carbocycles. The summed E-state index contributed by atoms with van der Waals surface area (Å²) in [6, 6.07) is 2.19. The van der Waals surface area contributed by atoms with E-state index in [4.69, 9.17) is 18.9 Å². The number of ether oxygens (including phenoxy) is 4. The third kappa shape index (κ3) is 4.98. The fraction of sp³-hybridized carbons (Fsp3) is 1.00. The Bertz CT molecular complexity index is 1360. The van der Waals surface area contributed by atoms with Crippen molar-refractivity contribution in [3.63, 3.8) is 0 Å². The van der Waals surface area contributed by atoms with E-state index < -0.39 is 17.8 Å². The van der Waals surface area contributed by atoms with Crippen LogP contribution < -0.4 is 0 Å². The van der Waals surface area contributed by atoms with Gasteiger partial charge in [0.15, 0.2) is 6.29 Å². The molecule has 2 N–H and O–H groups in total. The van der Waals surface area contributed by atoms with E-state index in [0.29, 0.717) is 47.2 Å². The van der Waals surface area contributed by atoms with Crippen molar-refractivity contribution in [2.45, 2.75) is 193 Å². The van der Waals surface area contributed by atoms with Gasteiger partial charge in [0, 0.05) is 43.2 Å². The van der Waals surface area contributed by atoms with Crippen molar-refractivity contribution in [2.24, 2.45) is 50.7 Å². The summed E-state index contributed by atoms with van der Waals surface area (Å²) in [6.45, 7) is 21.4. The summed E-state index contributed by atoms with van der Waals surface area (Å²) in [6.07, 6.45) is 13.6. The van der Waals surface area contributed by atoms with Crippen molar-refractivity contribution >= 4 is 0 Å². The summed E-state index contributed by atoms with van der Waals surface area (Å²) in [5.74, 6) is 1.87. The second kappa shape index (κ2) is 12.3. The lowest BCUT2D eigenvalue weighted by molar-refractivity contribution is -0.252. The standard InChI is InChI=1S/C44H74N2O6/c1-10-49-38(40(5,6)48)30-21-26(2)35-36(51-30)37(47)42(8)32-14-13-31-39(3,4)33(15-16-43(31)25-44(32,43)18-17-41(35,42)7)52-34-24-46(19-20-50-34)29-22-27-11-12-28(23-29)45(27)9/h26-38,47-48H,10-25H2,1-9H3/t26-,27?,28?,29?,30?,31+,32?,33+,34+,35+,36?,37+,38+,41-,42-,43-,44+/m1/s1. The molecule has 2 bridgehead atoms. The highest BCUT2D eigenvalue weighted by molar-refractivity contribution is 5.33. The highest BCUT2D eigenvalue weighted by atomic mass is 16.7. The highest BCUT2D eigenvalue weighted by Crippen LogP contribution is 2.89. The molecule has 5 aliphatic carbocycles. The molecule has 0 amide bonds. The average Bonchev–Trinajstić information content (AvgIpc) is 3.67. The number of morpholine rings is 1. The van der Waals surface area contributed by atoms with Crippen LogP contribution in [0.3, 0.4) is 0 Å². The molecule has 4 saturated heterocycles. The molecule has 52 heavy (non-hydrogen) atoms. The van der Waals surface area contributed by atoms with Gasteiger partial charge in [0.25, 0.3) is 0 Å². The summed E-state index contributed by atoms with van der Waals surface area (Å²) < 4.78 is 26.7. The molecule has 0 aromatic rings. The number of hydrogen-bond donors (Lipinski definition) is 2. The number of hydrogen-bond acceptors (Lipinski definition) is 8. The molecule has 9 aliphatic rings. The monoisotopic (exact) mass is 727 g/mol. The minimum absolute atomic E-state index is 0.0249. The Morgan fingerprint density at radius 2 is 1.60 bits per heavy atom. The summed E-state index contributed by atoms with van der Waals surface area (Å²) in [4.78, 5) is 5.38. The molecule has 0 aromatic carbocycles. The molecule has 8 heteroatoms. The maximum atomic E-state index is 12.7. The van der Waals surface area contributed by atoms with Gasteiger partial charge < -0.3 is 34.1 Å². The van der Waals surface area contributed by atoms with Gasteiger partial charge in [-0.1, -0.05) is 34.6 Å². The maximum absolute atomic E-state index is 12.7. The first kappa shape index (κ1) is 37.3. The van der Waals surface area contributed by atoms with Crippen LogP contribution in [0.5, 0.6) is 0 Å². The minimum Gasteiger partial charge on any atom is -0.390 e. The lowest BCUT2D eigenvalue weighted by Gasteiger charge is -2.64. The fourth-order valence-electron chi connectivity index (χ4n) is 16.6. The highest BCUT2D eigenvalue weighted by Gasteiger charge is 2.84. The largest absolute Gasteiger partial charge is 0.390 e. The van der Waals surface area contributed by atoms with E-state index in [-0.39, 0.29) is 40.8 Å². The molecule has 9 fully saturated rings. The van der Waals surface area contributed by atoms with E-state index in [1.54, 1.807) is 0 Å². The Morgan fingerprint density at radius 1 is 0.904 bits per heavy atom. The SMILES string of the molecule is CCO[C@@H](C1C[C@@H](C)[C@H]2C(O1)[C@H](O)[C@@]1(C)C3CC[C@H]4C(C)(C)[C@@H](O[C@H]5CN(C6CC7CCC(C6)N7C)CCO5)CC[C@@]45C[C@@]35CC[C@]21C)C(C)(C)O. The number of rotatable bonds is 7. The lowest BCUT2D eigenvalue weighted by Crippen LogP contribution is -2.60. The van der Waals surface area contributed by atoms with E-state index in [1.165, 1.54) is 64.2 Å². The van der Waals surface area contributed by atoms with Crippen molar-refractivity contribution in [3.05, 3.63) is 0 Å². The Balaban J connectivity index is 0.915. The lowest BCUT2D eigenvalue weighted by atomic mass is 9.41. The van der Waals surface area contributed by atoms with Crippen LogP contribution in [0.4, 0.5) is 0 Å². The van der Waals surface area contributed by atoms with Gasteiger partial charge in [-0.15, -0.1) is 0 Å². The van der Waals surface area contributed by atoms with Crippen molar-refractivity contribution in [1.29, 1.82) is 0 Å². The first-order valence-electron chi connectivity index (χ1n) is 21.9. The van der Waals surface area contributed by atoms with Crippen LogP contribution in [-0.2, 0) is 18.9 Å². The van der Waals surface area contributed by atoms with E-state index in [0.717, 1.165) is 44.6 Å². The summed E-state index contributed by atoms with van der Waals surface area (Å²) in [5, 5.41) is 23.8. The van der Waals surface area contributed by atoms with Crippen molar-refractivity contribution in [3.8, 4) is 0 Å². The summed E-state index contributed by atoms with van der Waals surface area (Å²) >= 11 is 0. The van der Waals surface area contributed by atoms with Gasteiger partial charge in [0.2, 0.25) is 0 Å². The van der Waals surface area contributed by atoms with Gasteiger partial charge in [0.1, 0.15) is 6.10 Å². The zero-order valence-corrected chi connectivity index (χ0v) is 34.2. The molecule has 9 rings (SSSR count). The molecule has 296 valence electrons. The van der Waals surface area contributed by atoms with Crippen molar-refractivity contribution in [1.82, 2.24) is 9.80 Å². The Kier molecular flexibility index (Phi) is 8.84. The zero-order valence-electron chi connectivity index (χ0n) is 34.2. The van der Waals surface area contributed by atoms with Crippen LogP contribution in [0.2, 0.25) is 0 Å². The van der Waals surface area contributed by atoms with Crippen LogP contribution in [0.15, 0.2) is 0 Å². The van der Waals surface area contributed by atoms with Crippen LogP contribution in [0.1, 0.15) is 132 Å². The van der Waals surface area contributed by atoms with Gasteiger partial charge in [-0.2, -0.15) is 0 Å². The predicted octanol–water partition coefficient (Wildman–Crippen LogP) is 6.64. The van der Waals surface area contributed by atoms with E-state index in [9.17, 15) is 10.2 Å². The number of piperidine rings is 1. The van der Waals surface area contributed by atoms with Gasteiger partial charge in [0.05, 0.1) is 36.6 Å². The third-order valence-corrected chi connectivity index (χ3v) is 19.1. The number of aliphatic hydroxyl groups excluding tert-OH is 1. The van der Waals surface area contributed by atoms with E-state index in [1.807, 2.05) is 20.8 Å². The summed E-state index contributed by atoms with van der Waals surface area (Å²) in [7, 11) is 2.34. The van der Waals surface area contributed by atoms with Gasteiger partial charge in [-0.3, -0.25) is 4.90 Å². The number of nitrogens with zero attached hydrogens (tertiary/aromatic N) is 2. The topological polar surface area (TPSA) is 83.9 Å². The molecular formula is C44H74N2O6. The number of aliphatic hydroxyl groups is 2. The molecule has 4 aliphatic heterocycles. The van der Waals surface area contributed by atoms with Crippen molar-refractivity contribution in [2.75, 3.05) is 33.4 Å². The molecule has 8 nitrogen and oxygen atoms in total. The summed E-state index contributed by atoms with van der Waals surface area (Å²) in [5.41, 5.74) is -0.416. The Hall–Kier alpha value is -0.320. The maximum Gasteiger partial charge on any atom is 0.170 e. The molecular weight excluding hydrogens is 652 g/mol. The normalized spacial score (nSPS) is 54.8. The third-order valence-electron chi connectivity index (χ3n) is 19.1. The van der Waals surface area contributed by atoms with Crippen molar-refractivity contribution < 1.29 is 29.2 Å². The van der Waals surface area contributed by atoms with Crippen LogP contribution in [-0.4, -0.2) is 114 Å². The Labute approximate surface area is 315 Å². The first-order valence-corrected chi connectivity index (χ1v) is 21.9. The van der Waals surface area contributed by atoms with Gasteiger partial charge in [-0.25, -0.2) is 0 Å². The predicted molar refractivity (Wildman–Crippen MR) is 202 cm³/mol.